The van der Waals surface area contributed by atoms with E-state index in [1.807, 2.05) is 56.3 Å². The van der Waals surface area contributed by atoms with Gasteiger partial charge >= 0.3 is 0 Å². The molecule has 7 nitrogen and oxygen atoms in total. The Morgan fingerprint density at radius 3 is 2.50 bits per heavy atom. The summed E-state index contributed by atoms with van der Waals surface area (Å²) in [7, 11) is 1.77. The molecule has 1 saturated heterocycles. The summed E-state index contributed by atoms with van der Waals surface area (Å²) >= 11 is 6.43. The molecule has 1 aliphatic rings. The number of aryl methyl sites for hydroxylation is 3. The maximum Gasteiger partial charge on any atom is 0.258 e. The SMILES string of the molecule is CCN1CCN(c2cc(Cl)cc(C(=O)Nc3ccc(C)c(-c4cc5cnc(C)cc5n(C)c4=O)c3)c2)CC1. The van der Waals surface area contributed by atoms with Crippen LogP contribution in [0.1, 0.15) is 28.5 Å². The predicted molar refractivity (Wildman–Crippen MR) is 156 cm³/mol. The van der Waals surface area contributed by atoms with Gasteiger partial charge in [0.15, 0.2) is 0 Å². The lowest BCUT2D eigenvalue weighted by Crippen LogP contribution is -2.46. The zero-order valence-corrected chi connectivity index (χ0v) is 23.0. The summed E-state index contributed by atoms with van der Waals surface area (Å²) in [5.41, 5.74) is 5.92. The van der Waals surface area contributed by atoms with Crippen LogP contribution in [0.15, 0.2) is 59.5 Å². The highest BCUT2D eigenvalue weighted by atomic mass is 35.5. The standard InChI is InChI=1S/C30H32ClN5O2/c1-5-35-8-10-36(11-9-35)25-14-21(13-23(31)16-25)29(37)33-24-7-6-19(2)26(17-24)27-15-22-18-32-20(3)12-28(22)34(4)30(27)38/h6-7,12-18H,5,8-11H2,1-4H3,(H,33,37). The zero-order valence-electron chi connectivity index (χ0n) is 22.2. The molecule has 196 valence electrons. The Hall–Kier alpha value is -3.68. The number of nitrogens with one attached hydrogen (secondary N) is 1. The first-order chi connectivity index (χ1) is 18.2. The smallest absolute Gasteiger partial charge is 0.258 e. The van der Waals surface area contributed by atoms with E-state index in [4.69, 9.17) is 11.6 Å². The van der Waals surface area contributed by atoms with Gasteiger partial charge in [-0.2, -0.15) is 0 Å². The number of hydrogen-bond acceptors (Lipinski definition) is 5. The average molecular weight is 530 g/mol. The summed E-state index contributed by atoms with van der Waals surface area (Å²) in [6.07, 6.45) is 1.79. The normalized spacial score (nSPS) is 14.2. The lowest BCUT2D eigenvalue weighted by atomic mass is 9.99. The second-order valence-electron chi connectivity index (χ2n) is 9.91. The van der Waals surface area contributed by atoms with E-state index in [1.54, 1.807) is 23.9 Å². The van der Waals surface area contributed by atoms with E-state index in [9.17, 15) is 9.59 Å². The third-order valence-electron chi connectivity index (χ3n) is 7.36. The molecule has 38 heavy (non-hydrogen) atoms. The molecule has 0 aliphatic carbocycles. The molecule has 3 heterocycles. The van der Waals surface area contributed by atoms with Crippen LogP contribution in [-0.4, -0.2) is 53.1 Å². The van der Waals surface area contributed by atoms with Gasteiger partial charge in [-0.1, -0.05) is 24.6 Å². The van der Waals surface area contributed by atoms with Crippen LogP contribution in [0.2, 0.25) is 5.02 Å². The monoisotopic (exact) mass is 529 g/mol. The fourth-order valence-corrected chi connectivity index (χ4v) is 5.29. The van der Waals surface area contributed by atoms with Gasteiger partial charge in [0.25, 0.3) is 11.5 Å². The number of halogens is 1. The van der Waals surface area contributed by atoms with Crippen LogP contribution >= 0.6 is 11.6 Å². The van der Waals surface area contributed by atoms with Gasteiger partial charge < -0.3 is 19.7 Å². The van der Waals surface area contributed by atoms with Crippen molar-refractivity contribution in [3.8, 4) is 11.1 Å². The number of amides is 1. The van der Waals surface area contributed by atoms with Crippen LogP contribution in [-0.2, 0) is 7.05 Å². The van der Waals surface area contributed by atoms with Crippen molar-refractivity contribution in [1.82, 2.24) is 14.5 Å². The molecule has 0 saturated carbocycles. The second-order valence-corrected chi connectivity index (χ2v) is 10.3. The van der Waals surface area contributed by atoms with Gasteiger partial charge in [-0.15, -0.1) is 0 Å². The second kappa shape index (κ2) is 10.6. The van der Waals surface area contributed by atoms with Crippen molar-refractivity contribution in [2.24, 2.45) is 7.05 Å². The van der Waals surface area contributed by atoms with E-state index in [2.05, 4.69) is 27.0 Å². The molecular weight excluding hydrogens is 498 g/mol. The Labute approximate surface area is 227 Å². The van der Waals surface area contributed by atoms with E-state index >= 15 is 0 Å². The first-order valence-electron chi connectivity index (χ1n) is 12.9. The number of anilines is 2. The number of rotatable bonds is 5. The molecule has 0 bridgehead atoms. The Kier molecular flexibility index (Phi) is 7.23. The molecule has 1 fully saturated rings. The molecule has 0 spiro atoms. The first kappa shape index (κ1) is 25.9. The Balaban J connectivity index is 1.43. The summed E-state index contributed by atoms with van der Waals surface area (Å²) in [6.45, 7) is 10.8. The lowest BCUT2D eigenvalue weighted by Gasteiger charge is -2.35. The number of pyridine rings is 2. The van der Waals surface area contributed by atoms with Crippen LogP contribution < -0.4 is 15.8 Å². The molecule has 2 aromatic carbocycles. The van der Waals surface area contributed by atoms with E-state index in [0.717, 1.165) is 66.1 Å². The maximum atomic E-state index is 13.3. The van der Waals surface area contributed by atoms with Gasteiger partial charge in [0.1, 0.15) is 0 Å². The quantitative estimate of drug-likeness (QED) is 0.381. The minimum atomic E-state index is -0.248. The number of aromatic nitrogens is 2. The topological polar surface area (TPSA) is 70.5 Å². The van der Waals surface area contributed by atoms with Crippen LogP contribution in [0.3, 0.4) is 0 Å². The van der Waals surface area contributed by atoms with E-state index in [-0.39, 0.29) is 11.5 Å². The Bertz CT molecular complexity index is 1590. The molecule has 0 atom stereocenters. The molecule has 0 radical (unpaired) electrons. The van der Waals surface area contributed by atoms with Crippen molar-refractivity contribution in [2.75, 3.05) is 42.9 Å². The number of benzene rings is 2. The summed E-state index contributed by atoms with van der Waals surface area (Å²) in [6, 6.07) is 14.9. The minimum Gasteiger partial charge on any atom is -0.369 e. The van der Waals surface area contributed by atoms with Crippen LogP contribution in [0.5, 0.6) is 0 Å². The van der Waals surface area contributed by atoms with Crippen molar-refractivity contribution in [3.63, 3.8) is 0 Å². The summed E-state index contributed by atoms with van der Waals surface area (Å²) in [5.74, 6) is -0.248. The Morgan fingerprint density at radius 1 is 1.00 bits per heavy atom. The number of hydrogen-bond donors (Lipinski definition) is 1. The largest absolute Gasteiger partial charge is 0.369 e. The molecule has 4 aromatic rings. The van der Waals surface area contributed by atoms with Gasteiger partial charge in [-0.25, -0.2) is 0 Å². The highest BCUT2D eigenvalue weighted by Gasteiger charge is 2.19. The van der Waals surface area contributed by atoms with Gasteiger partial charge in [0.05, 0.1) is 5.52 Å². The highest BCUT2D eigenvalue weighted by Crippen LogP contribution is 2.28. The number of carbonyl (C=O) groups excluding carboxylic acids is 1. The van der Waals surface area contributed by atoms with Crippen molar-refractivity contribution < 1.29 is 4.79 Å². The molecule has 1 N–H and O–H groups in total. The van der Waals surface area contributed by atoms with E-state index < -0.39 is 0 Å². The molecular formula is C30H32ClN5O2. The summed E-state index contributed by atoms with van der Waals surface area (Å²) in [5, 5.41) is 4.41. The van der Waals surface area contributed by atoms with Crippen molar-refractivity contribution in [1.29, 1.82) is 0 Å². The molecule has 5 rings (SSSR count). The van der Waals surface area contributed by atoms with Crippen molar-refractivity contribution >= 4 is 39.8 Å². The molecule has 1 amide bonds. The molecule has 8 heteroatoms. The van der Waals surface area contributed by atoms with Crippen LogP contribution in [0.4, 0.5) is 11.4 Å². The molecule has 0 unspecified atom stereocenters. The minimum absolute atomic E-state index is 0.0997. The molecule has 1 aliphatic heterocycles. The number of piperazine rings is 1. The zero-order chi connectivity index (χ0) is 27.0. The third-order valence-corrected chi connectivity index (χ3v) is 7.58. The molecule has 2 aromatic heterocycles. The highest BCUT2D eigenvalue weighted by molar-refractivity contribution is 6.31. The number of fused-ring (bicyclic) bond motifs is 1. The fraction of sp³-hybridized carbons (Fsp3) is 0.300. The summed E-state index contributed by atoms with van der Waals surface area (Å²) < 4.78 is 1.65. The van der Waals surface area contributed by atoms with E-state index in [0.29, 0.717) is 21.8 Å². The van der Waals surface area contributed by atoms with Gasteiger partial charge in [0.2, 0.25) is 0 Å². The van der Waals surface area contributed by atoms with Crippen LogP contribution in [0.25, 0.3) is 22.0 Å². The fourth-order valence-electron chi connectivity index (χ4n) is 5.06. The maximum absolute atomic E-state index is 13.3. The van der Waals surface area contributed by atoms with Gasteiger partial charge in [-0.3, -0.25) is 14.6 Å². The van der Waals surface area contributed by atoms with Crippen molar-refractivity contribution in [3.05, 3.63) is 86.9 Å². The van der Waals surface area contributed by atoms with Gasteiger partial charge in [-0.05, 0) is 74.0 Å². The van der Waals surface area contributed by atoms with Gasteiger partial charge in [0, 0.05) is 78.0 Å². The van der Waals surface area contributed by atoms with Crippen molar-refractivity contribution in [2.45, 2.75) is 20.8 Å². The third kappa shape index (κ3) is 5.17. The number of likely N-dealkylation sites (N-methyl/N-ethyl adjacent to an activating group) is 1. The van der Waals surface area contributed by atoms with E-state index in [1.165, 1.54) is 0 Å². The Morgan fingerprint density at radius 2 is 1.76 bits per heavy atom. The number of nitrogens with zero attached hydrogens (tertiary/aromatic N) is 4. The first-order valence-corrected chi connectivity index (χ1v) is 13.3. The summed E-state index contributed by atoms with van der Waals surface area (Å²) in [4.78, 5) is 35.7. The average Bonchev–Trinajstić information content (AvgIpc) is 2.92. The number of carbonyl (C=O) groups is 1. The predicted octanol–water partition coefficient (Wildman–Crippen LogP) is 5.26. The van der Waals surface area contributed by atoms with Crippen LogP contribution in [0, 0.1) is 13.8 Å². The lowest BCUT2D eigenvalue weighted by molar-refractivity contribution is 0.102.